The van der Waals surface area contributed by atoms with Gasteiger partial charge in [-0.1, -0.05) is 23.8 Å². The van der Waals surface area contributed by atoms with Crippen molar-refractivity contribution in [2.45, 2.75) is 39.5 Å². The number of hydrogen-bond acceptors (Lipinski definition) is 4. The van der Waals surface area contributed by atoms with Crippen LogP contribution in [0.4, 0.5) is 11.4 Å². The van der Waals surface area contributed by atoms with Crippen molar-refractivity contribution in [3.63, 3.8) is 0 Å². The molecule has 0 aliphatic carbocycles. The van der Waals surface area contributed by atoms with E-state index in [-0.39, 0.29) is 10.8 Å². The van der Waals surface area contributed by atoms with Crippen LogP contribution in [0, 0.1) is 27.7 Å². The highest BCUT2D eigenvalue weighted by atomic mass is 32.2. The molecule has 0 aliphatic heterocycles. The van der Waals surface area contributed by atoms with Gasteiger partial charge in [-0.3, -0.25) is 9.10 Å². The first-order valence-corrected chi connectivity index (χ1v) is 12.2. The third-order valence-electron chi connectivity index (χ3n) is 5.54. The largest absolute Gasteiger partial charge is 0.494 e. The Morgan fingerprint density at radius 2 is 1.52 bits per heavy atom. The van der Waals surface area contributed by atoms with Crippen LogP contribution in [0.1, 0.15) is 39.5 Å². The van der Waals surface area contributed by atoms with E-state index in [9.17, 15) is 13.2 Å². The lowest BCUT2D eigenvalue weighted by molar-refractivity contribution is 0.102. The van der Waals surface area contributed by atoms with Crippen LogP contribution in [0.15, 0.2) is 59.5 Å². The lowest BCUT2D eigenvalue weighted by Crippen LogP contribution is -2.27. The second-order valence-electron chi connectivity index (χ2n) is 8.10. The van der Waals surface area contributed by atoms with Gasteiger partial charge in [-0.15, -0.1) is 0 Å². The quantitative estimate of drug-likeness (QED) is 0.506. The van der Waals surface area contributed by atoms with Crippen molar-refractivity contribution < 1.29 is 17.9 Å². The van der Waals surface area contributed by atoms with Crippen LogP contribution in [-0.2, 0) is 10.0 Å². The molecule has 0 saturated carbocycles. The minimum atomic E-state index is -3.87. The molecular weight excluding hydrogens is 436 g/mol. The van der Waals surface area contributed by atoms with Crippen molar-refractivity contribution in [2.24, 2.45) is 0 Å². The molecule has 0 saturated heterocycles. The van der Waals surface area contributed by atoms with Crippen molar-refractivity contribution in [1.29, 1.82) is 0 Å². The van der Waals surface area contributed by atoms with E-state index >= 15 is 0 Å². The normalized spacial score (nSPS) is 11.2. The number of anilines is 2. The van der Waals surface area contributed by atoms with E-state index in [2.05, 4.69) is 5.32 Å². The summed E-state index contributed by atoms with van der Waals surface area (Å²) in [6, 6.07) is 15.4. The fourth-order valence-electron chi connectivity index (χ4n) is 3.78. The summed E-state index contributed by atoms with van der Waals surface area (Å²) in [5.41, 5.74) is 5.27. The first-order chi connectivity index (χ1) is 15.5. The topological polar surface area (TPSA) is 75.7 Å². The lowest BCUT2D eigenvalue weighted by Gasteiger charge is -2.21. The first kappa shape index (κ1) is 24.3. The summed E-state index contributed by atoms with van der Waals surface area (Å²) in [5.74, 6) is 0.325. The fraction of sp³-hybridized carbons (Fsp3) is 0.269. The molecule has 0 radical (unpaired) electrons. The van der Waals surface area contributed by atoms with Crippen LogP contribution in [-0.4, -0.2) is 28.0 Å². The SMILES string of the molecule is CCOc1ccc(N(C)S(=O)(=O)c2ccc(C)c(C(=O)Nc3c(C)cc(C)cc3C)c2)cc1. The van der Waals surface area contributed by atoms with E-state index in [1.54, 1.807) is 37.3 Å². The highest BCUT2D eigenvalue weighted by Gasteiger charge is 2.24. The summed E-state index contributed by atoms with van der Waals surface area (Å²) in [4.78, 5) is 13.2. The molecule has 0 aromatic heterocycles. The molecule has 0 unspecified atom stereocenters. The number of hydrogen-bond donors (Lipinski definition) is 1. The molecule has 3 aromatic rings. The number of ether oxygens (including phenoxy) is 1. The molecule has 1 N–H and O–H groups in total. The van der Waals surface area contributed by atoms with Crippen molar-refractivity contribution >= 4 is 27.3 Å². The van der Waals surface area contributed by atoms with Crippen molar-refractivity contribution in [3.05, 3.63) is 82.4 Å². The molecule has 0 heterocycles. The Morgan fingerprint density at radius 3 is 2.09 bits per heavy atom. The van der Waals surface area contributed by atoms with Crippen LogP contribution < -0.4 is 14.4 Å². The van der Waals surface area contributed by atoms with Crippen molar-refractivity contribution in [3.8, 4) is 5.75 Å². The van der Waals surface area contributed by atoms with Gasteiger partial charge in [0.25, 0.3) is 15.9 Å². The Morgan fingerprint density at radius 1 is 0.909 bits per heavy atom. The van der Waals surface area contributed by atoms with E-state index < -0.39 is 10.0 Å². The van der Waals surface area contributed by atoms with Gasteiger partial charge in [0.1, 0.15) is 5.75 Å². The second kappa shape index (κ2) is 9.67. The first-order valence-electron chi connectivity index (χ1n) is 10.8. The molecule has 1 amide bonds. The van der Waals surface area contributed by atoms with Crippen LogP contribution in [0.3, 0.4) is 0 Å². The van der Waals surface area contributed by atoms with Crippen molar-refractivity contribution in [1.82, 2.24) is 0 Å². The summed E-state index contributed by atoms with van der Waals surface area (Å²) < 4.78 is 33.2. The van der Waals surface area contributed by atoms with Crippen molar-refractivity contribution in [2.75, 3.05) is 23.3 Å². The molecule has 3 rings (SSSR count). The van der Waals surface area contributed by atoms with Gasteiger partial charge in [0.2, 0.25) is 0 Å². The monoisotopic (exact) mass is 466 g/mol. The molecule has 3 aromatic carbocycles. The number of nitrogens with one attached hydrogen (secondary N) is 1. The molecule has 174 valence electrons. The Bertz CT molecular complexity index is 1260. The van der Waals surface area contributed by atoms with E-state index in [0.29, 0.717) is 29.2 Å². The van der Waals surface area contributed by atoms with Gasteiger partial charge in [0, 0.05) is 18.3 Å². The second-order valence-corrected chi connectivity index (χ2v) is 10.1. The number of nitrogens with zero attached hydrogens (tertiary/aromatic N) is 1. The average molecular weight is 467 g/mol. The molecule has 0 bridgehead atoms. The summed E-state index contributed by atoms with van der Waals surface area (Å²) in [6.07, 6.45) is 0. The number of rotatable bonds is 7. The van der Waals surface area contributed by atoms with Gasteiger partial charge in [0.15, 0.2) is 0 Å². The predicted molar refractivity (Wildman–Crippen MR) is 133 cm³/mol. The highest BCUT2D eigenvalue weighted by Crippen LogP contribution is 2.27. The number of carbonyl (C=O) groups is 1. The maximum absolute atomic E-state index is 13.3. The Balaban J connectivity index is 1.92. The molecule has 0 fully saturated rings. The smallest absolute Gasteiger partial charge is 0.264 e. The highest BCUT2D eigenvalue weighted by molar-refractivity contribution is 7.92. The van der Waals surface area contributed by atoms with E-state index in [4.69, 9.17) is 4.74 Å². The van der Waals surface area contributed by atoms with Crippen LogP contribution >= 0.6 is 0 Å². The summed E-state index contributed by atoms with van der Waals surface area (Å²) >= 11 is 0. The van der Waals surface area contributed by atoms with Gasteiger partial charge < -0.3 is 10.1 Å². The number of benzene rings is 3. The standard InChI is InChI=1S/C26H30N2O4S/c1-7-32-22-11-9-21(10-12-22)28(6)33(30,31)23-13-8-18(3)24(16-23)26(29)27-25-19(4)14-17(2)15-20(25)5/h8-16H,7H2,1-6H3,(H,27,29). The van der Waals surface area contributed by atoms with Crippen LogP contribution in [0.25, 0.3) is 0 Å². The zero-order valence-corrected chi connectivity index (χ0v) is 20.7. The zero-order chi connectivity index (χ0) is 24.3. The van der Waals surface area contributed by atoms with Gasteiger partial charge in [0.05, 0.1) is 17.2 Å². The fourth-order valence-corrected chi connectivity index (χ4v) is 5.00. The molecule has 0 atom stereocenters. The molecule has 0 aliphatic rings. The Kier molecular flexibility index (Phi) is 7.12. The predicted octanol–water partition coefficient (Wildman–Crippen LogP) is 5.40. The summed E-state index contributed by atoms with van der Waals surface area (Å²) in [6.45, 7) is 10.1. The number of aryl methyl sites for hydroxylation is 4. The van der Waals surface area contributed by atoms with Gasteiger partial charge in [-0.05, 0) is 87.7 Å². The number of sulfonamides is 1. The van der Waals surface area contributed by atoms with Gasteiger partial charge >= 0.3 is 0 Å². The van der Waals surface area contributed by atoms with E-state index in [1.165, 1.54) is 23.5 Å². The Labute approximate surface area is 196 Å². The number of amides is 1. The molecule has 7 heteroatoms. The minimum Gasteiger partial charge on any atom is -0.494 e. The van der Waals surface area contributed by atoms with Crippen LogP contribution in [0.2, 0.25) is 0 Å². The van der Waals surface area contributed by atoms with Crippen LogP contribution in [0.5, 0.6) is 5.75 Å². The molecule has 6 nitrogen and oxygen atoms in total. The molecular formula is C26H30N2O4S. The van der Waals surface area contributed by atoms with Gasteiger partial charge in [-0.2, -0.15) is 0 Å². The maximum Gasteiger partial charge on any atom is 0.264 e. The maximum atomic E-state index is 13.3. The summed E-state index contributed by atoms with van der Waals surface area (Å²) in [7, 11) is -2.38. The third kappa shape index (κ3) is 5.20. The number of carbonyl (C=O) groups excluding carboxylic acids is 1. The minimum absolute atomic E-state index is 0.0481. The third-order valence-corrected chi connectivity index (χ3v) is 7.32. The summed E-state index contributed by atoms with van der Waals surface area (Å²) in [5, 5.41) is 2.96. The van der Waals surface area contributed by atoms with Gasteiger partial charge in [-0.25, -0.2) is 8.42 Å². The van der Waals surface area contributed by atoms with E-state index in [0.717, 1.165) is 22.4 Å². The molecule has 0 spiro atoms. The van der Waals surface area contributed by atoms with E-state index in [1.807, 2.05) is 39.8 Å². The Hall–Kier alpha value is -3.32. The molecule has 33 heavy (non-hydrogen) atoms. The zero-order valence-electron chi connectivity index (χ0n) is 19.9. The lowest BCUT2D eigenvalue weighted by atomic mass is 10.0. The average Bonchev–Trinajstić information content (AvgIpc) is 2.76.